The summed E-state index contributed by atoms with van der Waals surface area (Å²) in [5.74, 6) is -0.475. The molecule has 0 fully saturated rings. The van der Waals surface area contributed by atoms with Crippen LogP contribution < -0.4 is 4.74 Å². The summed E-state index contributed by atoms with van der Waals surface area (Å²) >= 11 is 0. The molecule has 4 heteroatoms. The van der Waals surface area contributed by atoms with Crippen molar-refractivity contribution in [2.45, 2.75) is 45.6 Å². The average molecular weight is 338 g/mol. The third-order valence-corrected chi connectivity index (χ3v) is 4.60. The number of Topliss-reactive ketones (excluding diaryl/α,β-unsaturated/α-hetero) is 1. The van der Waals surface area contributed by atoms with E-state index in [1.807, 2.05) is 25.1 Å². The highest BCUT2D eigenvalue weighted by molar-refractivity contribution is 6.01. The van der Waals surface area contributed by atoms with Gasteiger partial charge in [-0.2, -0.15) is 0 Å². The van der Waals surface area contributed by atoms with Gasteiger partial charge in [0, 0.05) is 18.4 Å². The number of aliphatic carboxylic acids is 1. The van der Waals surface area contributed by atoms with Gasteiger partial charge in [-0.1, -0.05) is 35.9 Å². The first-order valence-corrected chi connectivity index (χ1v) is 8.43. The van der Waals surface area contributed by atoms with Gasteiger partial charge in [-0.3, -0.25) is 4.79 Å². The van der Waals surface area contributed by atoms with E-state index in [0.29, 0.717) is 24.2 Å². The fraction of sp³-hybridized carbons (Fsp3) is 0.333. The topological polar surface area (TPSA) is 63.6 Å². The fourth-order valence-electron chi connectivity index (χ4n) is 3.00. The normalized spacial score (nSPS) is 13.6. The first-order valence-electron chi connectivity index (χ1n) is 8.43. The molecule has 0 atom stereocenters. The van der Waals surface area contributed by atoms with E-state index in [9.17, 15) is 14.7 Å². The summed E-state index contributed by atoms with van der Waals surface area (Å²) in [5, 5.41) is 9.37. The molecule has 0 spiro atoms. The summed E-state index contributed by atoms with van der Waals surface area (Å²) in [6, 6.07) is 11.9. The maximum Gasteiger partial charge on any atom is 0.347 e. The Morgan fingerprint density at radius 3 is 2.48 bits per heavy atom. The van der Waals surface area contributed by atoms with Gasteiger partial charge in [0.2, 0.25) is 0 Å². The van der Waals surface area contributed by atoms with Crippen molar-refractivity contribution < 1.29 is 19.4 Å². The Balaban J connectivity index is 2.01. The van der Waals surface area contributed by atoms with Crippen molar-refractivity contribution in [2.75, 3.05) is 0 Å². The summed E-state index contributed by atoms with van der Waals surface area (Å²) in [5.41, 5.74) is 3.53. The molecular formula is C21H22O4. The number of hydrogen-bond donors (Lipinski definition) is 1. The molecule has 0 aromatic heterocycles. The Morgan fingerprint density at radius 1 is 1.16 bits per heavy atom. The molecule has 2 aromatic rings. The number of ketones is 1. The standard InChI is InChI=1S/C21H22O4/c1-13-4-6-14(7-5-13)10-16-11-15-8-9-18(22)17(15)12-19(16)25-21(2,3)20(23)24/h4-7,11-12H,8-10H2,1-3H3,(H,23,24). The second kappa shape index (κ2) is 6.36. The zero-order valence-electron chi connectivity index (χ0n) is 14.8. The highest BCUT2D eigenvalue weighted by Crippen LogP contribution is 2.33. The highest BCUT2D eigenvalue weighted by Gasteiger charge is 2.31. The number of carboxylic acid groups (broad SMARTS) is 1. The molecule has 1 N–H and O–H groups in total. The summed E-state index contributed by atoms with van der Waals surface area (Å²) in [6.45, 7) is 5.06. The van der Waals surface area contributed by atoms with Crippen molar-refractivity contribution in [3.63, 3.8) is 0 Å². The van der Waals surface area contributed by atoms with Crippen molar-refractivity contribution in [3.05, 3.63) is 64.2 Å². The number of rotatable bonds is 5. The Labute approximate surface area is 147 Å². The van der Waals surface area contributed by atoms with Crippen molar-refractivity contribution in [3.8, 4) is 5.75 Å². The van der Waals surface area contributed by atoms with Crippen molar-refractivity contribution in [2.24, 2.45) is 0 Å². The average Bonchev–Trinajstić information content (AvgIpc) is 2.90. The number of benzene rings is 2. The van der Waals surface area contributed by atoms with Crippen molar-refractivity contribution in [1.29, 1.82) is 0 Å². The summed E-state index contributed by atoms with van der Waals surface area (Å²) < 4.78 is 5.81. The van der Waals surface area contributed by atoms with Gasteiger partial charge in [-0.05, 0) is 49.9 Å². The maximum absolute atomic E-state index is 12.1. The van der Waals surface area contributed by atoms with Crippen LogP contribution in [0.25, 0.3) is 0 Å². The molecule has 0 unspecified atom stereocenters. The quantitative estimate of drug-likeness (QED) is 0.896. The van der Waals surface area contributed by atoms with Crippen LogP contribution in [0.2, 0.25) is 0 Å². The van der Waals surface area contributed by atoms with E-state index in [0.717, 1.165) is 23.1 Å². The lowest BCUT2D eigenvalue weighted by Crippen LogP contribution is -2.38. The summed E-state index contributed by atoms with van der Waals surface area (Å²) in [6.07, 6.45) is 1.87. The zero-order chi connectivity index (χ0) is 18.2. The third-order valence-electron chi connectivity index (χ3n) is 4.60. The van der Waals surface area contributed by atoms with E-state index in [1.54, 1.807) is 6.07 Å². The molecule has 0 radical (unpaired) electrons. The van der Waals surface area contributed by atoms with Gasteiger partial charge in [0.1, 0.15) is 5.75 Å². The summed E-state index contributed by atoms with van der Waals surface area (Å²) in [4.78, 5) is 23.5. The van der Waals surface area contributed by atoms with Crippen molar-refractivity contribution in [1.82, 2.24) is 0 Å². The molecule has 0 heterocycles. The molecule has 0 aliphatic heterocycles. The largest absolute Gasteiger partial charge is 0.478 e. The van der Waals surface area contributed by atoms with Crippen LogP contribution >= 0.6 is 0 Å². The molecule has 130 valence electrons. The Hall–Kier alpha value is -2.62. The van der Waals surface area contributed by atoms with Gasteiger partial charge in [0.15, 0.2) is 11.4 Å². The Bertz CT molecular complexity index is 832. The number of fused-ring (bicyclic) bond motifs is 1. The monoisotopic (exact) mass is 338 g/mol. The van der Waals surface area contributed by atoms with E-state index in [1.165, 1.54) is 19.4 Å². The van der Waals surface area contributed by atoms with E-state index in [4.69, 9.17) is 4.74 Å². The predicted octanol–water partition coefficient (Wildman–Crippen LogP) is 3.96. The van der Waals surface area contributed by atoms with Crippen LogP contribution in [0, 0.1) is 6.92 Å². The first-order chi connectivity index (χ1) is 11.8. The van der Waals surface area contributed by atoms with E-state index in [-0.39, 0.29) is 5.78 Å². The zero-order valence-corrected chi connectivity index (χ0v) is 14.8. The van der Waals surface area contributed by atoms with Gasteiger partial charge in [-0.15, -0.1) is 0 Å². The van der Waals surface area contributed by atoms with Crippen LogP contribution in [-0.2, 0) is 17.6 Å². The van der Waals surface area contributed by atoms with Gasteiger partial charge in [0.05, 0.1) is 0 Å². The van der Waals surface area contributed by atoms with Crippen molar-refractivity contribution >= 4 is 11.8 Å². The molecule has 1 aliphatic rings. The van der Waals surface area contributed by atoms with Crippen LogP contribution in [0.15, 0.2) is 36.4 Å². The molecule has 25 heavy (non-hydrogen) atoms. The van der Waals surface area contributed by atoms with E-state index >= 15 is 0 Å². The molecule has 0 saturated carbocycles. The number of carbonyl (C=O) groups is 2. The molecule has 4 nitrogen and oxygen atoms in total. The van der Waals surface area contributed by atoms with Crippen LogP contribution in [0.1, 0.15) is 52.9 Å². The second-order valence-corrected chi connectivity index (χ2v) is 7.12. The number of hydrogen-bond acceptors (Lipinski definition) is 3. The fourth-order valence-corrected chi connectivity index (χ4v) is 3.00. The minimum atomic E-state index is -1.36. The first kappa shape index (κ1) is 17.2. The smallest absolute Gasteiger partial charge is 0.347 e. The maximum atomic E-state index is 12.1. The van der Waals surface area contributed by atoms with E-state index in [2.05, 4.69) is 12.1 Å². The molecule has 1 aliphatic carbocycles. The lowest BCUT2D eigenvalue weighted by Gasteiger charge is -2.24. The SMILES string of the molecule is Cc1ccc(Cc2cc3c(cc2OC(C)(C)C(=O)O)C(=O)CC3)cc1. The van der Waals surface area contributed by atoms with Crippen LogP contribution in [0.4, 0.5) is 0 Å². The van der Waals surface area contributed by atoms with Gasteiger partial charge < -0.3 is 9.84 Å². The third kappa shape index (κ3) is 3.58. The number of carbonyl (C=O) groups excluding carboxylic acids is 1. The van der Waals surface area contributed by atoms with Crippen LogP contribution in [-0.4, -0.2) is 22.5 Å². The van der Waals surface area contributed by atoms with Gasteiger partial charge in [-0.25, -0.2) is 4.79 Å². The minimum Gasteiger partial charge on any atom is -0.478 e. The molecular weight excluding hydrogens is 316 g/mol. The molecule has 0 saturated heterocycles. The number of ether oxygens (including phenoxy) is 1. The molecule has 3 rings (SSSR count). The van der Waals surface area contributed by atoms with Crippen LogP contribution in [0.5, 0.6) is 5.75 Å². The molecule has 2 aromatic carbocycles. The Morgan fingerprint density at radius 2 is 1.84 bits per heavy atom. The van der Waals surface area contributed by atoms with Crippen LogP contribution in [0.3, 0.4) is 0 Å². The number of aryl methyl sites for hydroxylation is 2. The lowest BCUT2D eigenvalue weighted by atomic mass is 9.98. The molecule has 0 bridgehead atoms. The van der Waals surface area contributed by atoms with Gasteiger partial charge >= 0.3 is 5.97 Å². The summed E-state index contributed by atoms with van der Waals surface area (Å²) in [7, 11) is 0. The molecule has 0 amide bonds. The van der Waals surface area contributed by atoms with E-state index < -0.39 is 11.6 Å². The minimum absolute atomic E-state index is 0.0925. The van der Waals surface area contributed by atoms with Gasteiger partial charge in [0.25, 0.3) is 0 Å². The lowest BCUT2D eigenvalue weighted by molar-refractivity contribution is -0.152. The number of carboxylic acids is 1. The second-order valence-electron chi connectivity index (χ2n) is 7.12. The predicted molar refractivity (Wildman–Crippen MR) is 95.4 cm³/mol. The Kier molecular flexibility index (Phi) is 4.38. The highest BCUT2D eigenvalue weighted by atomic mass is 16.5.